The van der Waals surface area contributed by atoms with Crippen molar-refractivity contribution in [1.82, 2.24) is 5.32 Å². The first-order chi connectivity index (χ1) is 9.15. The number of hydrogen-bond acceptors (Lipinski definition) is 3. The molecule has 1 aliphatic carbocycles. The van der Waals surface area contributed by atoms with Gasteiger partial charge in [0.25, 0.3) is 0 Å². The van der Waals surface area contributed by atoms with Crippen LogP contribution < -0.4 is 10.1 Å². The van der Waals surface area contributed by atoms with Crippen LogP contribution in [-0.2, 0) is 11.2 Å². The van der Waals surface area contributed by atoms with E-state index >= 15 is 0 Å². The standard InChI is InChI=1S/C16H23NO2/c1-4-16(2)10-17-14-8-5-11-9-12(18-3)6-7-13(11)15(14)19-16/h6-7,9,14-15,17H,4-5,8,10H2,1-3H3. The summed E-state index contributed by atoms with van der Waals surface area (Å²) in [5, 5.41) is 3.68. The topological polar surface area (TPSA) is 30.5 Å². The number of rotatable bonds is 2. The van der Waals surface area contributed by atoms with Gasteiger partial charge in [0.2, 0.25) is 0 Å². The van der Waals surface area contributed by atoms with Crippen molar-refractivity contribution in [2.24, 2.45) is 0 Å². The molecule has 1 N–H and O–H groups in total. The summed E-state index contributed by atoms with van der Waals surface area (Å²) < 4.78 is 11.7. The minimum absolute atomic E-state index is 0.0459. The fourth-order valence-corrected chi connectivity index (χ4v) is 3.14. The molecular formula is C16H23NO2. The molecule has 1 aromatic rings. The maximum absolute atomic E-state index is 6.42. The van der Waals surface area contributed by atoms with Gasteiger partial charge in [0, 0.05) is 12.6 Å². The van der Waals surface area contributed by atoms with Gasteiger partial charge in [0.15, 0.2) is 0 Å². The molecule has 3 unspecified atom stereocenters. The van der Waals surface area contributed by atoms with Gasteiger partial charge in [-0.2, -0.15) is 0 Å². The molecule has 19 heavy (non-hydrogen) atoms. The van der Waals surface area contributed by atoms with Crippen molar-refractivity contribution in [2.75, 3.05) is 13.7 Å². The molecule has 3 nitrogen and oxygen atoms in total. The Labute approximate surface area is 115 Å². The SMILES string of the molecule is CCC1(C)CNC2CCc3cc(OC)ccc3C2O1. The molecule has 1 fully saturated rings. The Morgan fingerprint density at radius 3 is 3.05 bits per heavy atom. The van der Waals surface area contributed by atoms with E-state index < -0.39 is 0 Å². The number of hydrogen-bond donors (Lipinski definition) is 1. The summed E-state index contributed by atoms with van der Waals surface area (Å²) in [5.74, 6) is 0.944. The maximum Gasteiger partial charge on any atom is 0.119 e. The second kappa shape index (κ2) is 4.80. The molecule has 3 heteroatoms. The fraction of sp³-hybridized carbons (Fsp3) is 0.625. The Bertz CT molecular complexity index is 474. The number of ether oxygens (including phenoxy) is 2. The van der Waals surface area contributed by atoms with Crippen molar-refractivity contribution < 1.29 is 9.47 Å². The van der Waals surface area contributed by atoms with E-state index in [2.05, 4.69) is 31.3 Å². The van der Waals surface area contributed by atoms with E-state index in [1.165, 1.54) is 11.1 Å². The fourth-order valence-electron chi connectivity index (χ4n) is 3.14. The lowest BCUT2D eigenvalue weighted by atomic mass is 9.83. The average molecular weight is 261 g/mol. The maximum atomic E-state index is 6.42. The zero-order valence-corrected chi connectivity index (χ0v) is 12.0. The summed E-state index contributed by atoms with van der Waals surface area (Å²) in [5.41, 5.74) is 2.67. The highest BCUT2D eigenvalue weighted by Crippen LogP contribution is 2.40. The normalized spacial score (nSPS) is 33.4. The highest BCUT2D eigenvalue weighted by Gasteiger charge is 2.40. The molecule has 0 amide bonds. The molecule has 0 saturated carbocycles. The number of nitrogens with one attached hydrogen (secondary N) is 1. The lowest BCUT2D eigenvalue weighted by molar-refractivity contribution is -0.133. The Balaban J connectivity index is 1.93. The van der Waals surface area contributed by atoms with Crippen LogP contribution in [0.1, 0.15) is 43.9 Å². The lowest BCUT2D eigenvalue weighted by Crippen LogP contribution is -2.55. The predicted molar refractivity (Wildman–Crippen MR) is 75.6 cm³/mol. The van der Waals surface area contributed by atoms with Crippen LogP contribution >= 0.6 is 0 Å². The Morgan fingerprint density at radius 2 is 2.32 bits per heavy atom. The Kier molecular flexibility index (Phi) is 3.27. The van der Waals surface area contributed by atoms with E-state index in [1.54, 1.807) is 7.11 Å². The highest BCUT2D eigenvalue weighted by atomic mass is 16.5. The zero-order valence-electron chi connectivity index (χ0n) is 12.0. The highest BCUT2D eigenvalue weighted by molar-refractivity contribution is 5.40. The number of fused-ring (bicyclic) bond motifs is 3. The van der Waals surface area contributed by atoms with Crippen molar-refractivity contribution in [3.63, 3.8) is 0 Å². The van der Waals surface area contributed by atoms with Gasteiger partial charge in [-0.25, -0.2) is 0 Å². The second-order valence-corrected chi connectivity index (χ2v) is 5.93. The lowest BCUT2D eigenvalue weighted by Gasteiger charge is -2.46. The number of benzene rings is 1. The van der Waals surface area contributed by atoms with Gasteiger partial charge in [-0.05, 0) is 49.4 Å². The third-order valence-corrected chi connectivity index (χ3v) is 4.64. The molecular weight excluding hydrogens is 238 g/mol. The van der Waals surface area contributed by atoms with Crippen LogP contribution in [-0.4, -0.2) is 25.3 Å². The van der Waals surface area contributed by atoms with Crippen LogP contribution in [0.15, 0.2) is 18.2 Å². The predicted octanol–water partition coefficient (Wildman–Crippen LogP) is 2.84. The van der Waals surface area contributed by atoms with E-state index in [0.717, 1.165) is 31.6 Å². The minimum atomic E-state index is -0.0459. The van der Waals surface area contributed by atoms with Crippen molar-refractivity contribution in [3.8, 4) is 5.75 Å². The molecule has 1 aliphatic heterocycles. The summed E-state index contributed by atoms with van der Waals surface area (Å²) in [7, 11) is 1.72. The summed E-state index contributed by atoms with van der Waals surface area (Å²) in [6, 6.07) is 6.84. The van der Waals surface area contributed by atoms with Crippen LogP contribution in [0, 0.1) is 0 Å². The first-order valence-corrected chi connectivity index (χ1v) is 7.23. The van der Waals surface area contributed by atoms with E-state index in [0.29, 0.717) is 6.04 Å². The van der Waals surface area contributed by atoms with E-state index in [1.807, 2.05) is 6.07 Å². The van der Waals surface area contributed by atoms with Crippen LogP contribution in [0.3, 0.4) is 0 Å². The van der Waals surface area contributed by atoms with Gasteiger partial charge in [-0.15, -0.1) is 0 Å². The van der Waals surface area contributed by atoms with Gasteiger partial charge in [0.05, 0.1) is 18.8 Å². The zero-order chi connectivity index (χ0) is 13.5. The van der Waals surface area contributed by atoms with Gasteiger partial charge in [-0.3, -0.25) is 0 Å². The number of methoxy groups -OCH3 is 1. The average Bonchev–Trinajstić information content (AvgIpc) is 2.46. The second-order valence-electron chi connectivity index (χ2n) is 5.93. The molecule has 0 spiro atoms. The number of aryl methyl sites for hydroxylation is 1. The summed E-state index contributed by atoms with van der Waals surface area (Å²) in [4.78, 5) is 0. The molecule has 3 atom stereocenters. The van der Waals surface area contributed by atoms with Gasteiger partial charge < -0.3 is 14.8 Å². The van der Waals surface area contributed by atoms with Crippen molar-refractivity contribution in [2.45, 2.75) is 50.9 Å². The number of morpholine rings is 1. The third kappa shape index (κ3) is 2.26. The van der Waals surface area contributed by atoms with Crippen LogP contribution in [0.2, 0.25) is 0 Å². The quantitative estimate of drug-likeness (QED) is 0.888. The molecule has 3 rings (SSSR count). The monoisotopic (exact) mass is 261 g/mol. The first-order valence-electron chi connectivity index (χ1n) is 7.23. The largest absolute Gasteiger partial charge is 0.497 e. The van der Waals surface area contributed by atoms with Gasteiger partial charge in [0.1, 0.15) is 5.75 Å². The Hall–Kier alpha value is -1.06. The molecule has 104 valence electrons. The van der Waals surface area contributed by atoms with Crippen molar-refractivity contribution in [3.05, 3.63) is 29.3 Å². The van der Waals surface area contributed by atoms with E-state index in [4.69, 9.17) is 9.47 Å². The molecule has 0 radical (unpaired) electrons. The van der Waals surface area contributed by atoms with E-state index in [-0.39, 0.29) is 11.7 Å². The van der Waals surface area contributed by atoms with Crippen molar-refractivity contribution >= 4 is 0 Å². The molecule has 2 aliphatic rings. The van der Waals surface area contributed by atoms with Crippen molar-refractivity contribution in [1.29, 1.82) is 0 Å². The molecule has 1 saturated heterocycles. The molecule has 1 heterocycles. The Morgan fingerprint density at radius 1 is 1.47 bits per heavy atom. The van der Waals surface area contributed by atoms with E-state index in [9.17, 15) is 0 Å². The van der Waals surface area contributed by atoms with Crippen LogP contribution in [0.25, 0.3) is 0 Å². The summed E-state index contributed by atoms with van der Waals surface area (Å²) >= 11 is 0. The smallest absolute Gasteiger partial charge is 0.119 e. The summed E-state index contributed by atoms with van der Waals surface area (Å²) in [6.45, 7) is 5.35. The first kappa shape index (κ1) is 12.9. The van der Waals surface area contributed by atoms with Gasteiger partial charge in [-0.1, -0.05) is 13.0 Å². The molecule has 0 bridgehead atoms. The van der Waals surface area contributed by atoms with Crippen LogP contribution in [0.5, 0.6) is 5.75 Å². The molecule has 1 aromatic carbocycles. The third-order valence-electron chi connectivity index (χ3n) is 4.64. The summed E-state index contributed by atoms with van der Waals surface area (Å²) in [6.07, 6.45) is 3.47. The van der Waals surface area contributed by atoms with Crippen LogP contribution in [0.4, 0.5) is 0 Å². The van der Waals surface area contributed by atoms with Gasteiger partial charge >= 0.3 is 0 Å². The minimum Gasteiger partial charge on any atom is -0.497 e. The molecule has 0 aromatic heterocycles.